The molecule has 0 N–H and O–H groups in total. The Hall–Kier alpha value is -1.35. The maximum Gasteiger partial charge on any atom is 0.189 e. The molecule has 0 radical (unpaired) electrons. The largest absolute Gasteiger partial charge is 0.490 e. The number of rotatable bonds is 4. The second-order valence-corrected chi connectivity index (χ2v) is 10.3. The van der Waals surface area contributed by atoms with Gasteiger partial charge in [0.15, 0.2) is 21.4 Å². The molecule has 0 spiro atoms. The number of sulfone groups is 1. The standard InChI is InChI=1S/C20H19ClF2O4S2/c21-12-1-3-13(4-2-12)29(24,25)20-8-9-26-17(7-10-28)14(20)11-27-19-16(23)6-5-15(22)18(19)20/h1-6,14,17,28H,7-11H2/t14-,17-,20-/m0/s1. The highest BCUT2D eigenvalue weighted by atomic mass is 35.5. The van der Waals surface area contributed by atoms with Gasteiger partial charge in [0, 0.05) is 17.5 Å². The minimum Gasteiger partial charge on any atom is -0.490 e. The van der Waals surface area contributed by atoms with E-state index in [-0.39, 0.29) is 35.8 Å². The maximum absolute atomic E-state index is 15.1. The lowest BCUT2D eigenvalue weighted by Crippen LogP contribution is -2.57. The number of benzene rings is 2. The summed E-state index contributed by atoms with van der Waals surface area (Å²) < 4.78 is 67.2. The number of ether oxygens (including phenoxy) is 2. The fraction of sp³-hybridized carbons (Fsp3) is 0.400. The van der Waals surface area contributed by atoms with E-state index >= 15 is 4.39 Å². The third-order valence-corrected chi connectivity index (χ3v) is 8.83. The molecule has 0 unspecified atom stereocenters. The lowest BCUT2D eigenvalue weighted by molar-refractivity contribution is -0.0730. The molecule has 156 valence electrons. The van der Waals surface area contributed by atoms with Gasteiger partial charge in [-0.05, 0) is 55.0 Å². The Balaban J connectivity index is 2.01. The Bertz CT molecular complexity index is 1030. The van der Waals surface area contributed by atoms with Crippen molar-refractivity contribution in [3.63, 3.8) is 0 Å². The molecule has 0 aromatic heterocycles. The summed E-state index contributed by atoms with van der Waals surface area (Å²) in [4.78, 5) is -0.00469. The molecule has 0 aliphatic carbocycles. The SMILES string of the molecule is O=S(=O)(c1ccc(Cl)cc1)[C@@]12CCO[C@@H](CCS)[C@@H]1COc1c(F)ccc(F)c12. The van der Waals surface area contributed by atoms with Crippen molar-refractivity contribution in [2.24, 2.45) is 5.92 Å². The molecule has 3 atom stereocenters. The van der Waals surface area contributed by atoms with Gasteiger partial charge in [0.05, 0.1) is 23.2 Å². The molecule has 2 aliphatic rings. The van der Waals surface area contributed by atoms with Crippen molar-refractivity contribution in [2.45, 2.75) is 28.6 Å². The van der Waals surface area contributed by atoms with Crippen molar-refractivity contribution >= 4 is 34.1 Å². The van der Waals surface area contributed by atoms with Crippen molar-refractivity contribution in [2.75, 3.05) is 19.0 Å². The van der Waals surface area contributed by atoms with Crippen LogP contribution < -0.4 is 4.74 Å². The number of fused-ring (bicyclic) bond motifs is 3. The highest BCUT2D eigenvalue weighted by Crippen LogP contribution is 2.55. The second-order valence-electron chi connectivity index (χ2n) is 7.17. The minimum atomic E-state index is -4.15. The van der Waals surface area contributed by atoms with Crippen LogP contribution in [0.2, 0.25) is 5.02 Å². The predicted molar refractivity (Wildman–Crippen MR) is 108 cm³/mol. The molecule has 29 heavy (non-hydrogen) atoms. The topological polar surface area (TPSA) is 52.6 Å². The maximum atomic E-state index is 15.1. The molecular weight excluding hydrogens is 442 g/mol. The van der Waals surface area contributed by atoms with Crippen LogP contribution in [0.4, 0.5) is 8.78 Å². The van der Waals surface area contributed by atoms with Gasteiger partial charge in [-0.2, -0.15) is 12.6 Å². The average molecular weight is 461 g/mol. The molecule has 4 nitrogen and oxygen atoms in total. The molecule has 1 fully saturated rings. The first kappa shape index (κ1) is 20.9. The van der Waals surface area contributed by atoms with Gasteiger partial charge in [-0.25, -0.2) is 17.2 Å². The van der Waals surface area contributed by atoms with Crippen molar-refractivity contribution in [1.82, 2.24) is 0 Å². The first-order valence-electron chi connectivity index (χ1n) is 9.17. The van der Waals surface area contributed by atoms with Gasteiger partial charge in [-0.3, -0.25) is 0 Å². The van der Waals surface area contributed by atoms with E-state index in [1.807, 2.05) is 0 Å². The van der Waals surface area contributed by atoms with E-state index in [1.54, 1.807) is 0 Å². The van der Waals surface area contributed by atoms with Gasteiger partial charge < -0.3 is 9.47 Å². The van der Waals surface area contributed by atoms with Gasteiger partial charge in [-0.1, -0.05) is 11.6 Å². The number of hydrogen-bond donors (Lipinski definition) is 1. The lowest BCUT2D eigenvalue weighted by atomic mass is 9.75. The normalized spacial score (nSPS) is 26.3. The summed E-state index contributed by atoms with van der Waals surface area (Å²) in [5.74, 6) is -2.20. The Morgan fingerprint density at radius 2 is 1.83 bits per heavy atom. The van der Waals surface area contributed by atoms with Crippen molar-refractivity contribution in [3.05, 3.63) is 58.6 Å². The molecule has 2 aliphatic heterocycles. The lowest BCUT2D eigenvalue weighted by Gasteiger charge is -2.50. The third kappa shape index (κ3) is 3.15. The third-order valence-electron chi connectivity index (χ3n) is 5.76. The fourth-order valence-electron chi connectivity index (χ4n) is 4.46. The molecule has 2 aromatic rings. The minimum absolute atomic E-state index is 0.00469. The van der Waals surface area contributed by atoms with Gasteiger partial charge in [0.1, 0.15) is 10.6 Å². The molecular formula is C20H19ClF2O4S2. The summed E-state index contributed by atoms with van der Waals surface area (Å²) in [6.07, 6.45) is -0.0665. The monoisotopic (exact) mass is 460 g/mol. The highest BCUT2D eigenvalue weighted by molar-refractivity contribution is 7.92. The first-order valence-corrected chi connectivity index (χ1v) is 11.7. The van der Waals surface area contributed by atoms with Gasteiger partial charge in [0.25, 0.3) is 0 Å². The molecule has 0 amide bonds. The Kier molecular flexibility index (Phi) is 5.57. The van der Waals surface area contributed by atoms with E-state index in [0.29, 0.717) is 17.2 Å². The molecule has 4 rings (SSSR count). The summed E-state index contributed by atoms with van der Waals surface area (Å²) >= 11 is 10.2. The van der Waals surface area contributed by atoms with Crippen LogP contribution in [0.5, 0.6) is 5.75 Å². The summed E-state index contributed by atoms with van der Waals surface area (Å²) in [7, 11) is -4.15. The van der Waals surface area contributed by atoms with E-state index in [1.165, 1.54) is 24.3 Å². The van der Waals surface area contributed by atoms with Crippen LogP contribution in [0.3, 0.4) is 0 Å². The van der Waals surface area contributed by atoms with Crippen molar-refractivity contribution in [1.29, 1.82) is 0 Å². The van der Waals surface area contributed by atoms with Crippen LogP contribution in [0.25, 0.3) is 0 Å². The van der Waals surface area contributed by atoms with Crippen molar-refractivity contribution < 1.29 is 26.7 Å². The molecule has 0 bridgehead atoms. The summed E-state index contributed by atoms with van der Waals surface area (Å²) in [5, 5.41) is 0.377. The van der Waals surface area contributed by atoms with Gasteiger partial charge in [-0.15, -0.1) is 0 Å². The van der Waals surface area contributed by atoms with Crippen LogP contribution in [-0.4, -0.2) is 33.5 Å². The quantitative estimate of drug-likeness (QED) is 0.687. The van der Waals surface area contributed by atoms with Crippen molar-refractivity contribution in [3.8, 4) is 5.75 Å². The molecule has 9 heteroatoms. The summed E-state index contributed by atoms with van der Waals surface area (Å²) in [6, 6.07) is 7.60. The Morgan fingerprint density at radius 3 is 2.52 bits per heavy atom. The molecule has 1 saturated heterocycles. The van der Waals surface area contributed by atoms with E-state index in [0.717, 1.165) is 12.1 Å². The number of thiol groups is 1. The first-order chi connectivity index (χ1) is 13.8. The second kappa shape index (κ2) is 7.72. The van der Waals surface area contributed by atoms with Crippen LogP contribution in [0.15, 0.2) is 41.3 Å². The van der Waals surface area contributed by atoms with E-state index in [9.17, 15) is 12.8 Å². The highest BCUT2D eigenvalue weighted by Gasteiger charge is 2.61. The van der Waals surface area contributed by atoms with Gasteiger partial charge >= 0.3 is 0 Å². The van der Waals surface area contributed by atoms with Crippen LogP contribution in [0.1, 0.15) is 18.4 Å². The fourth-order valence-corrected chi connectivity index (χ4v) is 7.19. The van der Waals surface area contributed by atoms with E-state index in [4.69, 9.17) is 21.1 Å². The van der Waals surface area contributed by atoms with Gasteiger partial charge in [0.2, 0.25) is 0 Å². The zero-order valence-electron chi connectivity index (χ0n) is 15.3. The Morgan fingerprint density at radius 1 is 1.14 bits per heavy atom. The molecule has 0 saturated carbocycles. The number of hydrogen-bond acceptors (Lipinski definition) is 5. The summed E-state index contributed by atoms with van der Waals surface area (Å²) in [5.41, 5.74) is -0.254. The molecule has 2 heterocycles. The van der Waals surface area contributed by atoms with E-state index in [2.05, 4.69) is 12.6 Å². The predicted octanol–water partition coefficient (Wildman–Crippen LogP) is 4.40. The smallest absolute Gasteiger partial charge is 0.189 e. The molecule has 2 aromatic carbocycles. The zero-order chi connectivity index (χ0) is 20.8. The zero-order valence-corrected chi connectivity index (χ0v) is 17.7. The van der Waals surface area contributed by atoms with E-state index < -0.39 is 38.2 Å². The van der Waals surface area contributed by atoms with Crippen LogP contribution >= 0.6 is 24.2 Å². The Labute approximate surface area is 178 Å². The van der Waals surface area contributed by atoms with Crippen LogP contribution in [0, 0.1) is 17.6 Å². The average Bonchev–Trinajstić information content (AvgIpc) is 2.71. The van der Waals surface area contributed by atoms with Crippen LogP contribution in [-0.2, 0) is 19.3 Å². The summed E-state index contributed by atoms with van der Waals surface area (Å²) in [6.45, 7) is -0.00417. The number of halogens is 3.